The lowest BCUT2D eigenvalue weighted by atomic mass is 10.2. The van der Waals surface area contributed by atoms with Crippen LogP contribution in [-0.4, -0.2) is 64.7 Å². The van der Waals surface area contributed by atoms with Crippen molar-refractivity contribution in [2.24, 2.45) is 5.92 Å². The Morgan fingerprint density at radius 2 is 1.50 bits per heavy atom. The minimum atomic E-state index is -0.0408. The van der Waals surface area contributed by atoms with Crippen LogP contribution < -0.4 is 10.6 Å². The van der Waals surface area contributed by atoms with Crippen molar-refractivity contribution in [3.63, 3.8) is 0 Å². The molecule has 0 aliphatic rings. The normalized spacial score (nSPS) is 10.8. The Kier molecular flexibility index (Phi) is 17.8. The Balaban J connectivity index is 3.20. The lowest BCUT2D eigenvalue weighted by Crippen LogP contribution is -2.25. The first kappa shape index (κ1) is 24.9. The summed E-state index contributed by atoms with van der Waals surface area (Å²) in [6.45, 7) is 13.1. The zero-order valence-electron chi connectivity index (χ0n) is 17.1. The number of hydrogen-bond donors (Lipinski definition) is 2. The van der Waals surface area contributed by atoms with Gasteiger partial charge in [-0.1, -0.05) is 39.5 Å². The van der Waals surface area contributed by atoms with E-state index in [2.05, 4.69) is 36.3 Å². The molecule has 0 bridgehead atoms. The van der Waals surface area contributed by atoms with Crippen molar-refractivity contribution in [3.8, 4) is 11.8 Å². The summed E-state index contributed by atoms with van der Waals surface area (Å²) in [6.07, 6.45) is 2.54. The van der Waals surface area contributed by atoms with Crippen LogP contribution in [0.3, 0.4) is 0 Å². The molecule has 1 amide bonds. The lowest BCUT2D eigenvalue weighted by molar-refractivity contribution is -0.122. The largest absolute Gasteiger partial charge is 0.379 e. The third kappa shape index (κ3) is 20.9. The van der Waals surface area contributed by atoms with Gasteiger partial charge in [0, 0.05) is 25.0 Å². The van der Waals surface area contributed by atoms with Crippen LogP contribution in [0.2, 0.25) is 0 Å². The molecule has 0 aromatic heterocycles. The van der Waals surface area contributed by atoms with Gasteiger partial charge < -0.3 is 24.8 Å². The second kappa shape index (κ2) is 18.7. The molecule has 26 heavy (non-hydrogen) atoms. The highest BCUT2D eigenvalue weighted by Crippen LogP contribution is 1.91. The van der Waals surface area contributed by atoms with E-state index in [1.807, 2.05) is 13.8 Å². The smallest absolute Gasteiger partial charge is 0.223 e. The molecule has 0 radical (unpaired) electrons. The van der Waals surface area contributed by atoms with Crippen LogP contribution in [0.1, 0.15) is 47.0 Å². The van der Waals surface area contributed by atoms with E-state index in [0.717, 1.165) is 26.0 Å². The van der Waals surface area contributed by atoms with Crippen LogP contribution >= 0.6 is 0 Å². The van der Waals surface area contributed by atoms with Crippen molar-refractivity contribution < 1.29 is 19.0 Å². The summed E-state index contributed by atoms with van der Waals surface area (Å²) in [7, 11) is 0. The number of carbonyl (C=O) groups excluding carboxylic acids is 1. The minimum Gasteiger partial charge on any atom is -0.379 e. The molecular weight excluding hydrogens is 332 g/mol. The van der Waals surface area contributed by atoms with Gasteiger partial charge in [0.1, 0.15) is 0 Å². The van der Waals surface area contributed by atoms with E-state index < -0.39 is 0 Å². The molecule has 0 saturated carbocycles. The summed E-state index contributed by atoms with van der Waals surface area (Å²) in [6, 6.07) is 0.546. The maximum absolute atomic E-state index is 11.5. The molecule has 0 heterocycles. The van der Waals surface area contributed by atoms with Gasteiger partial charge in [-0.2, -0.15) is 0 Å². The van der Waals surface area contributed by atoms with Gasteiger partial charge in [0.25, 0.3) is 0 Å². The summed E-state index contributed by atoms with van der Waals surface area (Å²) in [4.78, 5) is 11.5. The van der Waals surface area contributed by atoms with Crippen LogP contribution in [0.15, 0.2) is 0 Å². The Morgan fingerprint density at radius 1 is 0.885 bits per heavy atom. The Morgan fingerprint density at radius 3 is 2.12 bits per heavy atom. The standard InChI is InChI=1S/C20H38N2O4/c1-18(2)8-7-11-22-20(23)9-13-25-15-17-26-16-14-24-12-6-5-10-21-19(3)4/h18-19,21H,5-6,9-17H2,1-4H3,(H,22,23). The van der Waals surface area contributed by atoms with Gasteiger partial charge in [-0.05, 0) is 19.4 Å². The molecule has 0 atom stereocenters. The minimum absolute atomic E-state index is 0.0408. The summed E-state index contributed by atoms with van der Waals surface area (Å²) in [5, 5.41) is 6.12. The van der Waals surface area contributed by atoms with Gasteiger partial charge in [-0.15, -0.1) is 0 Å². The van der Waals surface area contributed by atoms with Crippen molar-refractivity contribution in [2.75, 3.05) is 52.7 Å². The van der Waals surface area contributed by atoms with Gasteiger partial charge in [-0.25, -0.2) is 0 Å². The monoisotopic (exact) mass is 370 g/mol. The first-order valence-electron chi connectivity index (χ1n) is 9.74. The molecule has 0 unspecified atom stereocenters. The van der Waals surface area contributed by atoms with Crippen molar-refractivity contribution in [1.29, 1.82) is 0 Å². The highest BCUT2D eigenvalue weighted by atomic mass is 16.5. The van der Waals surface area contributed by atoms with E-state index >= 15 is 0 Å². The molecule has 0 aliphatic heterocycles. The average molecular weight is 371 g/mol. The summed E-state index contributed by atoms with van der Waals surface area (Å²) in [5.74, 6) is 6.19. The van der Waals surface area contributed by atoms with Gasteiger partial charge in [-0.3, -0.25) is 4.79 Å². The molecule has 0 aromatic rings. The Bertz CT molecular complexity index is 389. The number of unbranched alkanes of at least 4 members (excludes halogenated alkanes) is 1. The molecule has 6 nitrogen and oxygen atoms in total. The molecule has 0 rings (SSSR count). The molecule has 0 saturated heterocycles. The van der Waals surface area contributed by atoms with E-state index in [1.54, 1.807) is 0 Å². The first-order chi connectivity index (χ1) is 12.5. The number of carbonyl (C=O) groups is 1. The number of nitrogens with one attached hydrogen (secondary N) is 2. The third-order valence-electron chi connectivity index (χ3n) is 3.25. The van der Waals surface area contributed by atoms with Gasteiger partial charge >= 0.3 is 0 Å². The predicted octanol–water partition coefficient (Wildman–Crippen LogP) is 1.98. The number of ether oxygens (including phenoxy) is 3. The summed E-state index contributed by atoms with van der Waals surface area (Å²) < 4.78 is 16.3. The van der Waals surface area contributed by atoms with E-state index in [-0.39, 0.29) is 5.91 Å². The van der Waals surface area contributed by atoms with Crippen molar-refractivity contribution in [1.82, 2.24) is 10.6 Å². The maximum Gasteiger partial charge on any atom is 0.223 e. The van der Waals surface area contributed by atoms with Crippen LogP contribution in [0.25, 0.3) is 0 Å². The number of rotatable bonds is 16. The Labute approximate surface area is 159 Å². The molecular formula is C20H38N2O4. The van der Waals surface area contributed by atoms with E-state index in [4.69, 9.17) is 14.2 Å². The molecule has 0 aliphatic carbocycles. The van der Waals surface area contributed by atoms with Crippen LogP contribution in [0, 0.1) is 17.8 Å². The molecule has 0 aromatic carbocycles. The zero-order chi connectivity index (χ0) is 19.5. The molecule has 0 fully saturated rings. The van der Waals surface area contributed by atoms with Crippen LogP contribution in [0.4, 0.5) is 0 Å². The predicted molar refractivity (Wildman–Crippen MR) is 105 cm³/mol. The first-order valence-corrected chi connectivity index (χ1v) is 9.74. The van der Waals surface area contributed by atoms with Gasteiger partial charge in [0.15, 0.2) is 0 Å². The lowest BCUT2D eigenvalue weighted by Gasteiger charge is -2.08. The highest BCUT2D eigenvalue weighted by molar-refractivity contribution is 5.76. The highest BCUT2D eigenvalue weighted by Gasteiger charge is 1.99. The topological polar surface area (TPSA) is 68.8 Å². The zero-order valence-corrected chi connectivity index (χ0v) is 17.1. The third-order valence-corrected chi connectivity index (χ3v) is 3.25. The summed E-state index contributed by atoms with van der Waals surface area (Å²) >= 11 is 0. The quantitative estimate of drug-likeness (QED) is 0.321. The fourth-order valence-electron chi connectivity index (χ4n) is 1.91. The second-order valence-electron chi connectivity index (χ2n) is 6.66. The van der Waals surface area contributed by atoms with Gasteiger partial charge in [0.2, 0.25) is 5.91 Å². The van der Waals surface area contributed by atoms with E-state index in [1.165, 1.54) is 0 Å². The van der Waals surface area contributed by atoms with Crippen molar-refractivity contribution in [3.05, 3.63) is 0 Å². The van der Waals surface area contributed by atoms with Crippen molar-refractivity contribution in [2.45, 2.75) is 53.0 Å². The number of amides is 1. The van der Waals surface area contributed by atoms with E-state index in [0.29, 0.717) is 58.0 Å². The SMILES string of the molecule is CC(C)C#CCNC(=O)CCOCCOCCOCCCCNC(C)C. The molecule has 152 valence electrons. The fraction of sp³-hybridized carbons (Fsp3) is 0.850. The molecule has 6 heteroatoms. The van der Waals surface area contributed by atoms with Gasteiger partial charge in [0.05, 0.1) is 39.6 Å². The molecule has 0 spiro atoms. The van der Waals surface area contributed by atoms with Crippen LogP contribution in [0.5, 0.6) is 0 Å². The average Bonchev–Trinajstić information content (AvgIpc) is 2.58. The molecule has 2 N–H and O–H groups in total. The van der Waals surface area contributed by atoms with Crippen molar-refractivity contribution >= 4 is 5.91 Å². The maximum atomic E-state index is 11.5. The van der Waals surface area contributed by atoms with Crippen LogP contribution in [-0.2, 0) is 19.0 Å². The Hall–Kier alpha value is -1.13. The summed E-state index contributed by atoms with van der Waals surface area (Å²) in [5.41, 5.74) is 0. The fourth-order valence-corrected chi connectivity index (χ4v) is 1.91. The second-order valence-corrected chi connectivity index (χ2v) is 6.66. The van der Waals surface area contributed by atoms with E-state index in [9.17, 15) is 4.79 Å². The number of hydrogen-bond acceptors (Lipinski definition) is 5.